The summed E-state index contributed by atoms with van der Waals surface area (Å²) in [5.41, 5.74) is 20.1. The molecule has 19 heteroatoms. The van der Waals surface area contributed by atoms with Crippen LogP contribution in [0.25, 0.3) is 0 Å². The van der Waals surface area contributed by atoms with Crippen molar-refractivity contribution in [2.24, 2.45) is 33.1 Å². The molecular weight excluding hydrogens is 534 g/mol. The Balaban J connectivity index is 2.93. The molecule has 0 aromatic heterocycles. The molecular formula is C21H39N11O8. The van der Waals surface area contributed by atoms with Crippen molar-refractivity contribution in [1.82, 2.24) is 21.1 Å². The lowest BCUT2D eigenvalue weighted by Gasteiger charge is -2.39. The highest BCUT2D eigenvalue weighted by Crippen LogP contribution is 2.25. The fourth-order valence-corrected chi connectivity index (χ4v) is 4.00. The predicted molar refractivity (Wildman–Crippen MR) is 142 cm³/mol. The molecule has 0 spiro atoms. The van der Waals surface area contributed by atoms with Crippen LogP contribution < -0.4 is 33.4 Å². The summed E-state index contributed by atoms with van der Waals surface area (Å²) >= 11 is 0. The van der Waals surface area contributed by atoms with Crippen LogP contribution in [0.4, 0.5) is 0 Å². The maximum Gasteiger partial charge on any atom is 0.328 e. The van der Waals surface area contributed by atoms with E-state index in [0.717, 1.165) is 0 Å². The molecule has 1 fully saturated rings. The number of nitrogens with one attached hydrogen (secondary N) is 3. The molecule has 0 aliphatic carbocycles. The zero-order valence-electron chi connectivity index (χ0n) is 22.6. The van der Waals surface area contributed by atoms with Crippen molar-refractivity contribution in [2.45, 2.75) is 70.5 Å². The maximum atomic E-state index is 13.6. The molecule has 0 saturated carbocycles. The number of hydrogen-bond donors (Lipinski definition) is 6. The number of likely N-dealkylation sites (tertiary alicyclic amines) is 1. The van der Waals surface area contributed by atoms with Gasteiger partial charge in [-0.3, -0.25) is 9.59 Å². The van der Waals surface area contributed by atoms with Crippen LogP contribution in [0.2, 0.25) is 0 Å². The van der Waals surface area contributed by atoms with Crippen molar-refractivity contribution >= 4 is 29.7 Å². The van der Waals surface area contributed by atoms with E-state index in [2.05, 4.69) is 15.3 Å². The molecule has 2 amide bonds. The van der Waals surface area contributed by atoms with Crippen molar-refractivity contribution in [3.05, 3.63) is 20.2 Å². The second-order valence-corrected chi connectivity index (χ2v) is 9.15. The van der Waals surface area contributed by atoms with Crippen LogP contribution >= 0.6 is 0 Å². The van der Waals surface area contributed by atoms with Crippen LogP contribution in [0.1, 0.15) is 52.4 Å². The number of piperidine rings is 1. The lowest BCUT2D eigenvalue weighted by molar-refractivity contribution is -0.525. The van der Waals surface area contributed by atoms with Crippen molar-refractivity contribution in [3.63, 3.8) is 0 Å². The van der Waals surface area contributed by atoms with Gasteiger partial charge in [0, 0.05) is 19.6 Å². The highest BCUT2D eigenvalue weighted by Gasteiger charge is 2.39. The van der Waals surface area contributed by atoms with Gasteiger partial charge in [0.05, 0.1) is 12.6 Å². The van der Waals surface area contributed by atoms with Gasteiger partial charge in [0.1, 0.15) is 12.1 Å². The number of nitrogens with two attached hydrogens (primary N) is 3. The number of nitro groups is 2. The Morgan fingerprint density at radius 2 is 1.60 bits per heavy atom. The molecule has 1 saturated heterocycles. The van der Waals surface area contributed by atoms with E-state index in [1.165, 1.54) is 4.90 Å². The average Bonchev–Trinajstić information content (AvgIpc) is 2.87. The summed E-state index contributed by atoms with van der Waals surface area (Å²) in [5, 5.41) is 21.7. The maximum absolute atomic E-state index is 13.6. The molecule has 1 rings (SSSR count). The topological polar surface area (TPSA) is 289 Å². The third kappa shape index (κ3) is 12.5. The Morgan fingerprint density at radius 3 is 2.12 bits per heavy atom. The molecule has 0 bridgehead atoms. The molecule has 0 aromatic rings. The van der Waals surface area contributed by atoms with Crippen molar-refractivity contribution in [1.29, 1.82) is 0 Å². The number of hydrazine groups is 2. The lowest BCUT2D eigenvalue weighted by Crippen LogP contribution is -2.58. The van der Waals surface area contributed by atoms with Gasteiger partial charge in [0.2, 0.25) is 11.8 Å². The molecule has 1 aliphatic rings. The predicted octanol–water partition coefficient (Wildman–Crippen LogP) is -2.26. The number of carbonyl (C=O) groups is 3. The highest BCUT2D eigenvalue weighted by molar-refractivity contribution is 5.92. The standard InChI is InChI=1S/C21H39N11O8/c1-3-40-19(35)16-12-13(2)8-11-30(16)18(34)15(7-5-10-26-21(24)29-32(38)39)27-17(33)14(22)6-4-9-25-20(23)28-31(36)37/h13-16H,3-12,22H2,1-2H3,(H,27,33)(H3,23,25,28)(H3,24,26,29)/t13-,14+,15+,16-/m1/s1. The first-order valence-corrected chi connectivity index (χ1v) is 12.8. The van der Waals surface area contributed by atoms with E-state index in [0.29, 0.717) is 12.8 Å². The summed E-state index contributed by atoms with van der Waals surface area (Å²) in [7, 11) is 0. The van der Waals surface area contributed by atoms with E-state index in [1.54, 1.807) is 17.8 Å². The monoisotopic (exact) mass is 573 g/mol. The summed E-state index contributed by atoms with van der Waals surface area (Å²) in [6.07, 6.45) is 1.79. The zero-order chi connectivity index (χ0) is 30.2. The Hall–Kier alpha value is -4.29. The molecule has 1 heterocycles. The Bertz CT molecular complexity index is 961. The second kappa shape index (κ2) is 17.3. The minimum Gasteiger partial charge on any atom is -0.464 e. The number of ether oxygens (including phenoxy) is 1. The van der Waals surface area contributed by atoms with Crippen molar-refractivity contribution in [2.75, 3.05) is 26.2 Å². The van der Waals surface area contributed by atoms with Crippen LogP contribution in [0, 0.1) is 26.1 Å². The van der Waals surface area contributed by atoms with Gasteiger partial charge < -0.3 is 32.2 Å². The third-order valence-electron chi connectivity index (χ3n) is 5.96. The van der Waals surface area contributed by atoms with E-state index in [4.69, 9.17) is 21.9 Å². The minimum absolute atomic E-state index is 0.0221. The van der Waals surface area contributed by atoms with E-state index in [1.807, 2.05) is 6.92 Å². The Labute approximate surface area is 230 Å². The van der Waals surface area contributed by atoms with E-state index in [9.17, 15) is 34.6 Å². The molecule has 0 aromatic carbocycles. The van der Waals surface area contributed by atoms with E-state index in [-0.39, 0.29) is 57.8 Å². The fraction of sp³-hybridized carbons (Fsp3) is 0.762. The Morgan fingerprint density at radius 1 is 1.05 bits per heavy atom. The number of guanidine groups is 2. The number of hydrogen-bond acceptors (Lipinski definition) is 11. The summed E-state index contributed by atoms with van der Waals surface area (Å²) in [6.45, 7) is 4.17. The van der Waals surface area contributed by atoms with Crippen molar-refractivity contribution < 1.29 is 29.2 Å². The fourth-order valence-electron chi connectivity index (χ4n) is 4.00. The van der Waals surface area contributed by atoms with Crippen molar-refractivity contribution in [3.8, 4) is 0 Å². The first kappa shape index (κ1) is 33.7. The lowest BCUT2D eigenvalue weighted by atomic mass is 9.91. The first-order valence-electron chi connectivity index (χ1n) is 12.8. The van der Waals surface area contributed by atoms with Gasteiger partial charge in [-0.15, -0.1) is 0 Å². The molecule has 19 nitrogen and oxygen atoms in total. The van der Waals surface area contributed by atoms with Crippen LogP contribution in [0.15, 0.2) is 9.98 Å². The highest BCUT2D eigenvalue weighted by atomic mass is 16.7. The van der Waals surface area contributed by atoms with Gasteiger partial charge in [-0.1, -0.05) is 17.8 Å². The summed E-state index contributed by atoms with van der Waals surface area (Å²) in [5.74, 6) is -2.27. The summed E-state index contributed by atoms with van der Waals surface area (Å²) < 4.78 is 5.16. The molecule has 1 aliphatic heterocycles. The zero-order valence-corrected chi connectivity index (χ0v) is 22.6. The molecule has 0 radical (unpaired) electrons. The molecule has 9 N–H and O–H groups in total. The van der Waals surface area contributed by atoms with Gasteiger partial charge in [-0.25, -0.2) is 35.0 Å². The van der Waals surface area contributed by atoms with Gasteiger partial charge in [0.15, 0.2) is 10.1 Å². The summed E-state index contributed by atoms with van der Waals surface area (Å²) in [4.78, 5) is 68.8. The average molecular weight is 574 g/mol. The van der Waals surface area contributed by atoms with Crippen LogP contribution in [0.3, 0.4) is 0 Å². The Kier molecular flexibility index (Phi) is 14.6. The number of rotatable bonds is 15. The van der Waals surface area contributed by atoms with Gasteiger partial charge in [0.25, 0.3) is 11.9 Å². The second-order valence-electron chi connectivity index (χ2n) is 9.15. The molecule has 40 heavy (non-hydrogen) atoms. The first-order chi connectivity index (χ1) is 18.8. The number of aliphatic imine (C=N–C) groups is 2. The van der Waals surface area contributed by atoms with Crippen LogP contribution in [0.5, 0.6) is 0 Å². The SMILES string of the molecule is CCOC(=O)[C@H]1C[C@H](C)CCN1C(=O)[C@H](CCCN=C(N)N[N+](=O)[O-])NC(=O)[C@@H](N)CCCN=C(N)N[N+](=O)[O-]. The number of carbonyl (C=O) groups excluding carboxylic acids is 3. The smallest absolute Gasteiger partial charge is 0.328 e. The van der Waals surface area contributed by atoms with Crippen LogP contribution in [-0.4, -0.2) is 89.0 Å². The normalized spacial score (nSPS) is 19.2. The molecule has 226 valence electrons. The summed E-state index contributed by atoms with van der Waals surface area (Å²) in [6, 6.07) is -2.91. The molecule has 4 atom stereocenters. The van der Waals surface area contributed by atoms with E-state index >= 15 is 0 Å². The van der Waals surface area contributed by atoms with E-state index < -0.39 is 57.9 Å². The van der Waals surface area contributed by atoms with Gasteiger partial charge in [-0.2, -0.15) is 0 Å². The van der Waals surface area contributed by atoms with Gasteiger partial charge >= 0.3 is 5.97 Å². The quantitative estimate of drug-likeness (QED) is 0.0301. The number of nitrogens with zero attached hydrogens (tertiary/aromatic N) is 5. The third-order valence-corrected chi connectivity index (χ3v) is 5.96. The van der Waals surface area contributed by atoms with Gasteiger partial charge in [-0.05, 0) is 51.4 Å². The number of amides is 2. The van der Waals surface area contributed by atoms with Crippen LogP contribution in [-0.2, 0) is 19.1 Å². The largest absolute Gasteiger partial charge is 0.464 e. The minimum atomic E-state index is -1.07. The number of esters is 1. The molecule has 0 unspecified atom stereocenters.